The van der Waals surface area contributed by atoms with Crippen molar-refractivity contribution in [3.8, 4) is 0 Å². The topological polar surface area (TPSA) is 205 Å². The number of amides is 4. The zero-order valence-electron chi connectivity index (χ0n) is 31.8. The Hall–Kier alpha value is -6.36. The number of imidazole rings is 2. The maximum absolute atomic E-state index is 14.2. The van der Waals surface area contributed by atoms with Crippen LogP contribution >= 0.6 is 0 Å². The molecule has 4 amide bonds. The quantitative estimate of drug-likeness (QED) is 0.195. The lowest BCUT2D eigenvalue weighted by Crippen LogP contribution is -2.25. The van der Waals surface area contributed by atoms with Gasteiger partial charge in [0.2, 0.25) is 23.7 Å². The van der Waals surface area contributed by atoms with Crippen molar-refractivity contribution < 1.29 is 19.2 Å². The normalized spacial score (nSPS) is 15.9. The molecule has 17 heteroatoms. The van der Waals surface area contributed by atoms with E-state index in [-0.39, 0.29) is 31.7 Å². The van der Waals surface area contributed by atoms with E-state index in [1.54, 1.807) is 38.5 Å². The number of nitrogens with two attached hydrogens (primary N) is 1. The number of aryl methyl sites for hydroxylation is 6. The molecule has 5 N–H and O–H groups in total. The van der Waals surface area contributed by atoms with E-state index in [1.165, 1.54) is 0 Å². The molecule has 17 nitrogen and oxygen atoms in total. The van der Waals surface area contributed by atoms with E-state index in [0.29, 0.717) is 97.7 Å². The Balaban J connectivity index is 0.00000496. The van der Waals surface area contributed by atoms with Gasteiger partial charge in [-0.3, -0.25) is 49.4 Å². The van der Waals surface area contributed by atoms with Gasteiger partial charge in [-0.2, -0.15) is 10.2 Å². The van der Waals surface area contributed by atoms with Gasteiger partial charge < -0.3 is 14.9 Å². The standard InChI is InChI=1S/C39H45N13O4.CH4/c1-4-51-34-26(24(3)47-51)11-6-5-7-18-52-31(19-23(2)46-52)36(55)44-39-43-33-29(12-10-13-30(33)50-22-41-21-32(50)53)49(39)17-9-8-16-48-28-15-14-25(35(40)54)20-27(28)42-38(48)45-37(34)56;/h10,12-15,19-20,41H,4-9,11,16-18,21-22H2,1-3H3,(H2,40,54)(H,42,45,56)(H,43,44,55);1H4. The Morgan fingerprint density at radius 2 is 1.58 bits per heavy atom. The van der Waals surface area contributed by atoms with Gasteiger partial charge in [0.15, 0.2) is 0 Å². The van der Waals surface area contributed by atoms with Crippen LogP contribution in [0, 0.1) is 13.8 Å². The molecule has 0 unspecified atom stereocenters. The third-order valence-electron chi connectivity index (χ3n) is 10.6. The molecule has 298 valence electrons. The zero-order valence-corrected chi connectivity index (χ0v) is 31.8. The maximum atomic E-state index is 14.2. The monoisotopic (exact) mass is 775 g/mol. The Morgan fingerprint density at radius 3 is 2.32 bits per heavy atom. The maximum Gasteiger partial charge on any atom is 0.276 e. The highest BCUT2D eigenvalue weighted by atomic mass is 16.2. The number of carbonyl (C=O) groups excluding carboxylic acids is 4. The first kappa shape index (κ1) is 38.9. The van der Waals surface area contributed by atoms with Gasteiger partial charge >= 0.3 is 0 Å². The van der Waals surface area contributed by atoms with Crippen molar-refractivity contribution in [1.29, 1.82) is 0 Å². The molecule has 1 fully saturated rings. The highest BCUT2D eigenvalue weighted by Crippen LogP contribution is 2.31. The molecule has 2 aliphatic rings. The summed E-state index contributed by atoms with van der Waals surface area (Å²) in [6.07, 6.45) is 4.35. The van der Waals surface area contributed by atoms with Gasteiger partial charge in [-0.25, -0.2) is 9.97 Å². The van der Waals surface area contributed by atoms with E-state index in [0.717, 1.165) is 47.2 Å². The number of nitrogens with zero attached hydrogens (tertiary/aromatic N) is 9. The van der Waals surface area contributed by atoms with Crippen LogP contribution in [0.15, 0.2) is 42.5 Å². The molecular weight excluding hydrogens is 727 g/mol. The van der Waals surface area contributed by atoms with Gasteiger partial charge in [-0.05, 0) is 89.3 Å². The second kappa shape index (κ2) is 16.0. The predicted octanol–water partition coefficient (Wildman–Crippen LogP) is 4.76. The molecule has 8 rings (SSSR count). The molecule has 0 spiro atoms. The average Bonchev–Trinajstić information content (AvgIpc) is 3.99. The SMILES string of the molecule is C.CCn1nc(C)c2c1C(=O)Nc1nc3cc(C(N)=O)ccc3n1CCCCn1c(nc3c(N4CNCC4=O)cccc31)NC(=O)c1cc(C)nn1CCCCC2. The number of primary amides is 1. The first-order chi connectivity index (χ1) is 27.1. The van der Waals surface area contributed by atoms with E-state index in [1.807, 2.05) is 48.1 Å². The summed E-state index contributed by atoms with van der Waals surface area (Å²) in [6, 6.07) is 12.6. The van der Waals surface area contributed by atoms with Gasteiger partial charge in [0, 0.05) is 37.3 Å². The molecule has 2 aromatic carbocycles. The Bertz CT molecular complexity index is 2520. The number of hydrogen-bond acceptors (Lipinski definition) is 9. The second-order valence-corrected chi connectivity index (χ2v) is 14.3. The largest absolute Gasteiger partial charge is 0.366 e. The fourth-order valence-electron chi connectivity index (χ4n) is 7.86. The van der Waals surface area contributed by atoms with Crippen molar-refractivity contribution in [3.05, 3.63) is 76.4 Å². The van der Waals surface area contributed by atoms with Crippen molar-refractivity contribution >= 4 is 63.3 Å². The van der Waals surface area contributed by atoms with Gasteiger partial charge in [0.25, 0.3) is 11.8 Å². The Labute approximate surface area is 329 Å². The summed E-state index contributed by atoms with van der Waals surface area (Å²) in [5, 5.41) is 18.6. The number of nitrogens with one attached hydrogen (secondary N) is 3. The summed E-state index contributed by atoms with van der Waals surface area (Å²) in [4.78, 5) is 64.4. The van der Waals surface area contributed by atoms with Crippen LogP contribution in [0.3, 0.4) is 0 Å². The molecule has 6 aromatic rings. The van der Waals surface area contributed by atoms with Crippen LogP contribution in [0.2, 0.25) is 0 Å². The summed E-state index contributed by atoms with van der Waals surface area (Å²) in [5.74, 6) is -0.535. The van der Waals surface area contributed by atoms with Crippen molar-refractivity contribution in [2.75, 3.05) is 28.7 Å². The van der Waals surface area contributed by atoms with Crippen molar-refractivity contribution in [3.63, 3.8) is 0 Å². The van der Waals surface area contributed by atoms with Crippen molar-refractivity contribution in [2.24, 2.45) is 5.73 Å². The number of aromatic nitrogens is 8. The smallest absolute Gasteiger partial charge is 0.276 e. The molecule has 0 atom stereocenters. The van der Waals surface area contributed by atoms with Gasteiger partial charge in [-0.1, -0.05) is 19.9 Å². The number of fused-ring (bicyclic) bond motifs is 8. The molecular formula is C40H49N13O4. The summed E-state index contributed by atoms with van der Waals surface area (Å²) in [6.45, 7) is 8.37. The Kier molecular flexibility index (Phi) is 10.9. The number of hydrogen-bond donors (Lipinski definition) is 4. The highest BCUT2D eigenvalue weighted by Gasteiger charge is 2.27. The molecule has 0 saturated carbocycles. The highest BCUT2D eigenvalue weighted by molar-refractivity contribution is 6.07. The minimum absolute atomic E-state index is 0. The van der Waals surface area contributed by atoms with Gasteiger partial charge in [0.05, 0.1) is 46.8 Å². The summed E-state index contributed by atoms with van der Waals surface area (Å²) < 4.78 is 7.41. The number of carbonyl (C=O) groups is 4. The van der Waals surface area contributed by atoms with Crippen LogP contribution in [0.4, 0.5) is 17.6 Å². The van der Waals surface area contributed by atoms with E-state index >= 15 is 0 Å². The molecule has 0 bridgehead atoms. The van der Waals surface area contributed by atoms with Crippen LogP contribution in [0.5, 0.6) is 0 Å². The summed E-state index contributed by atoms with van der Waals surface area (Å²) in [7, 11) is 0. The molecule has 0 radical (unpaired) electrons. The van der Waals surface area contributed by atoms with Crippen LogP contribution in [0.1, 0.15) is 94.7 Å². The van der Waals surface area contributed by atoms with E-state index in [9.17, 15) is 19.2 Å². The third kappa shape index (κ3) is 7.37. The fourth-order valence-corrected chi connectivity index (χ4v) is 7.86. The minimum Gasteiger partial charge on any atom is -0.366 e. The number of benzene rings is 2. The average molecular weight is 776 g/mol. The first-order valence-corrected chi connectivity index (χ1v) is 19.1. The van der Waals surface area contributed by atoms with Crippen LogP contribution in [-0.4, -0.2) is 75.5 Å². The lowest BCUT2D eigenvalue weighted by Gasteiger charge is -2.15. The summed E-state index contributed by atoms with van der Waals surface area (Å²) in [5.41, 5.74) is 12.6. The number of rotatable bonds is 3. The predicted molar refractivity (Wildman–Crippen MR) is 217 cm³/mol. The van der Waals surface area contributed by atoms with E-state index in [2.05, 4.69) is 21.0 Å². The van der Waals surface area contributed by atoms with Crippen LogP contribution < -0.4 is 26.6 Å². The summed E-state index contributed by atoms with van der Waals surface area (Å²) >= 11 is 0. The van der Waals surface area contributed by atoms with E-state index < -0.39 is 5.91 Å². The van der Waals surface area contributed by atoms with Crippen molar-refractivity contribution in [1.82, 2.24) is 44.0 Å². The van der Waals surface area contributed by atoms with Gasteiger partial charge in [0.1, 0.15) is 16.9 Å². The molecule has 4 aromatic heterocycles. The number of anilines is 3. The zero-order chi connectivity index (χ0) is 39.1. The first-order valence-electron chi connectivity index (χ1n) is 19.1. The van der Waals surface area contributed by atoms with E-state index in [4.69, 9.17) is 20.8 Å². The molecule has 6 heterocycles. The molecule has 1 saturated heterocycles. The number of para-hydroxylation sites is 1. The lowest BCUT2D eigenvalue weighted by atomic mass is 10.0. The van der Waals surface area contributed by atoms with Crippen molar-refractivity contribution in [2.45, 2.75) is 92.9 Å². The Morgan fingerprint density at radius 1 is 0.842 bits per heavy atom. The van der Waals surface area contributed by atoms with Gasteiger partial charge in [-0.15, -0.1) is 0 Å². The lowest BCUT2D eigenvalue weighted by molar-refractivity contribution is -0.116. The van der Waals surface area contributed by atoms with Crippen LogP contribution in [0.25, 0.3) is 22.1 Å². The second-order valence-electron chi connectivity index (χ2n) is 14.3. The molecule has 57 heavy (non-hydrogen) atoms. The molecule has 0 aliphatic carbocycles. The third-order valence-corrected chi connectivity index (χ3v) is 10.6. The molecule has 2 aliphatic heterocycles. The van der Waals surface area contributed by atoms with Crippen LogP contribution in [-0.2, 0) is 37.4 Å². The minimum atomic E-state index is -0.567. The fraction of sp³-hybridized carbons (Fsp3) is 0.400.